The third kappa shape index (κ3) is 9.40. The molecule has 0 spiro atoms. The molecule has 1 saturated heterocycles. The standard InChI is InChI=1S/C34H38Br2N4O10/c1-19(41)45-18-29-31(46-20(2)42)32(47-21(3)43)33(48-22(4)44)34(49-29)50-30-17-39(38-37-30)13-7-5-6-8-14-40-27-11-9-23(35)15-25(27)26-16-24(36)10-12-28(26)40/h9-12,15-17,29,31-34H,5-8,13-14,18H2,1-4H3/t29-,31-,32+,33+,34+/m1/s1. The Labute approximate surface area is 304 Å². The van der Waals surface area contributed by atoms with Crippen LogP contribution < -0.4 is 4.74 Å². The molecular weight excluding hydrogens is 784 g/mol. The van der Waals surface area contributed by atoms with Crippen molar-refractivity contribution < 1.29 is 47.6 Å². The zero-order valence-electron chi connectivity index (χ0n) is 28.0. The number of aryl methyl sites for hydroxylation is 2. The van der Waals surface area contributed by atoms with Crippen LogP contribution in [0.15, 0.2) is 51.5 Å². The molecule has 0 saturated carbocycles. The lowest BCUT2D eigenvalue weighted by Gasteiger charge is -2.43. The van der Waals surface area contributed by atoms with Gasteiger partial charge in [-0.05, 0) is 49.2 Å². The summed E-state index contributed by atoms with van der Waals surface area (Å²) >= 11 is 7.21. The van der Waals surface area contributed by atoms with E-state index in [9.17, 15) is 19.2 Å². The van der Waals surface area contributed by atoms with Gasteiger partial charge in [-0.3, -0.25) is 19.2 Å². The summed E-state index contributed by atoms with van der Waals surface area (Å²) in [5.41, 5.74) is 2.40. The fraction of sp³-hybridized carbons (Fsp3) is 0.471. The molecule has 1 fully saturated rings. The summed E-state index contributed by atoms with van der Waals surface area (Å²) in [4.78, 5) is 47.7. The van der Waals surface area contributed by atoms with E-state index in [2.05, 4.69) is 83.1 Å². The van der Waals surface area contributed by atoms with Crippen molar-refractivity contribution in [1.82, 2.24) is 19.6 Å². The summed E-state index contributed by atoms with van der Waals surface area (Å²) in [6.45, 7) is 5.76. The van der Waals surface area contributed by atoms with Gasteiger partial charge < -0.3 is 33.0 Å². The van der Waals surface area contributed by atoms with Gasteiger partial charge in [-0.15, -0.1) is 0 Å². The topological polar surface area (TPSA) is 159 Å². The Morgan fingerprint density at radius 2 is 1.30 bits per heavy atom. The first-order valence-electron chi connectivity index (χ1n) is 16.1. The summed E-state index contributed by atoms with van der Waals surface area (Å²) in [5, 5.41) is 10.7. The molecule has 4 aromatic rings. The molecule has 1 aliphatic rings. The minimum Gasteiger partial charge on any atom is -0.463 e. The van der Waals surface area contributed by atoms with Crippen molar-refractivity contribution in [3.8, 4) is 5.88 Å². The van der Waals surface area contributed by atoms with Gasteiger partial charge in [0.2, 0.25) is 12.4 Å². The average molecular weight is 823 g/mol. The molecule has 0 radical (unpaired) electrons. The maximum Gasteiger partial charge on any atom is 0.303 e. The second kappa shape index (κ2) is 16.8. The van der Waals surface area contributed by atoms with Crippen molar-refractivity contribution in [3.05, 3.63) is 51.5 Å². The SMILES string of the molecule is CC(=O)OC[C@H]1O[C@@H](Oc2cn(CCCCCCn3c4ccc(Br)cc4c4cc(Br)ccc43)nn2)[C@@H](OC(C)=O)[C@@H](OC(C)=O)[C@@H]1OC(C)=O. The Bertz CT molecular complexity index is 1800. The lowest BCUT2D eigenvalue weighted by Crippen LogP contribution is -2.63. The number of unbranched alkanes of at least 4 members (excludes halogenated alkanes) is 3. The molecule has 16 heteroatoms. The van der Waals surface area contributed by atoms with Crippen LogP contribution in [0, 0.1) is 0 Å². The van der Waals surface area contributed by atoms with Crippen molar-refractivity contribution in [2.75, 3.05) is 6.61 Å². The zero-order valence-corrected chi connectivity index (χ0v) is 31.2. The molecule has 1 aliphatic heterocycles. The predicted octanol–water partition coefficient (Wildman–Crippen LogP) is 5.63. The number of halogens is 2. The minimum atomic E-state index is -1.39. The Kier molecular flexibility index (Phi) is 12.5. The van der Waals surface area contributed by atoms with Crippen LogP contribution in [0.4, 0.5) is 0 Å². The van der Waals surface area contributed by atoms with Crippen molar-refractivity contribution in [2.24, 2.45) is 0 Å². The lowest BCUT2D eigenvalue weighted by molar-refractivity contribution is -0.289. The molecule has 2 aromatic heterocycles. The highest BCUT2D eigenvalue weighted by Crippen LogP contribution is 2.34. The third-order valence-corrected chi connectivity index (χ3v) is 9.00. The van der Waals surface area contributed by atoms with E-state index in [0.29, 0.717) is 6.54 Å². The third-order valence-electron chi connectivity index (χ3n) is 8.01. The molecule has 0 bridgehead atoms. The van der Waals surface area contributed by atoms with Crippen LogP contribution in [0.5, 0.6) is 5.88 Å². The quantitative estimate of drug-likeness (QED) is 0.0878. The Hall–Kier alpha value is -4.02. The Morgan fingerprint density at radius 1 is 0.740 bits per heavy atom. The number of hydrogen-bond donors (Lipinski definition) is 0. The van der Waals surface area contributed by atoms with E-state index in [-0.39, 0.29) is 12.5 Å². The van der Waals surface area contributed by atoms with Gasteiger partial charge in [-0.25, -0.2) is 4.68 Å². The average Bonchev–Trinajstić information content (AvgIpc) is 3.61. The Balaban J connectivity index is 1.20. The number of esters is 4. The van der Waals surface area contributed by atoms with Gasteiger partial charge in [0.1, 0.15) is 12.7 Å². The fourth-order valence-electron chi connectivity index (χ4n) is 6.03. The van der Waals surface area contributed by atoms with Crippen LogP contribution in [-0.4, -0.2) is 80.8 Å². The molecule has 0 N–H and O–H groups in total. The van der Waals surface area contributed by atoms with Crippen LogP contribution in [-0.2, 0) is 56.0 Å². The first kappa shape index (κ1) is 37.2. The van der Waals surface area contributed by atoms with Gasteiger partial charge in [0.15, 0.2) is 12.2 Å². The molecular formula is C34H38Br2N4O10. The van der Waals surface area contributed by atoms with Crippen LogP contribution in [0.25, 0.3) is 21.8 Å². The van der Waals surface area contributed by atoms with E-state index in [0.717, 1.165) is 61.9 Å². The van der Waals surface area contributed by atoms with E-state index in [1.54, 1.807) is 10.9 Å². The first-order valence-corrected chi connectivity index (χ1v) is 17.7. The second-order valence-electron chi connectivity index (χ2n) is 11.9. The summed E-state index contributed by atoms with van der Waals surface area (Å²) in [7, 11) is 0. The number of aromatic nitrogens is 4. The van der Waals surface area contributed by atoms with E-state index in [1.807, 2.05) is 0 Å². The van der Waals surface area contributed by atoms with Crippen LogP contribution >= 0.6 is 31.9 Å². The van der Waals surface area contributed by atoms with Crippen molar-refractivity contribution >= 4 is 77.5 Å². The fourth-order valence-corrected chi connectivity index (χ4v) is 6.76. The van der Waals surface area contributed by atoms with Crippen LogP contribution in [0.1, 0.15) is 53.4 Å². The van der Waals surface area contributed by atoms with Crippen LogP contribution in [0.2, 0.25) is 0 Å². The van der Waals surface area contributed by atoms with E-state index >= 15 is 0 Å². The first-order chi connectivity index (χ1) is 23.9. The highest BCUT2D eigenvalue weighted by molar-refractivity contribution is 9.10. The monoisotopic (exact) mass is 820 g/mol. The van der Waals surface area contributed by atoms with E-state index < -0.39 is 54.6 Å². The van der Waals surface area contributed by atoms with E-state index in [1.165, 1.54) is 28.7 Å². The highest BCUT2D eigenvalue weighted by atomic mass is 79.9. The molecule has 5 rings (SSSR count). The molecule has 0 aliphatic carbocycles. The van der Waals surface area contributed by atoms with Gasteiger partial charge in [0.05, 0.1) is 6.20 Å². The number of carbonyl (C=O) groups is 4. The summed E-state index contributed by atoms with van der Waals surface area (Å²) in [6, 6.07) is 12.8. The number of fused-ring (bicyclic) bond motifs is 3. The molecule has 5 atom stereocenters. The highest BCUT2D eigenvalue weighted by Gasteiger charge is 2.53. The van der Waals surface area contributed by atoms with Crippen molar-refractivity contribution in [1.29, 1.82) is 0 Å². The number of benzene rings is 2. The molecule has 268 valence electrons. The van der Waals surface area contributed by atoms with Gasteiger partial charge >= 0.3 is 23.9 Å². The molecule has 2 aromatic carbocycles. The largest absolute Gasteiger partial charge is 0.463 e. The van der Waals surface area contributed by atoms with E-state index in [4.69, 9.17) is 28.4 Å². The van der Waals surface area contributed by atoms with Gasteiger partial charge in [0.25, 0.3) is 5.88 Å². The van der Waals surface area contributed by atoms with Crippen molar-refractivity contribution in [3.63, 3.8) is 0 Å². The predicted molar refractivity (Wildman–Crippen MR) is 186 cm³/mol. The van der Waals surface area contributed by atoms with Gasteiger partial charge in [-0.1, -0.05) is 55.0 Å². The smallest absolute Gasteiger partial charge is 0.303 e. The molecule has 3 heterocycles. The van der Waals surface area contributed by atoms with Crippen LogP contribution in [0.3, 0.4) is 0 Å². The number of carbonyl (C=O) groups excluding carboxylic acids is 4. The number of ether oxygens (including phenoxy) is 6. The number of hydrogen-bond acceptors (Lipinski definition) is 12. The molecule has 0 amide bonds. The number of rotatable bonds is 14. The van der Waals surface area contributed by atoms with Gasteiger partial charge in [0, 0.05) is 71.5 Å². The zero-order chi connectivity index (χ0) is 35.9. The summed E-state index contributed by atoms with van der Waals surface area (Å²) < 4.78 is 39.4. The normalized spacial score (nSPS) is 20.4. The molecule has 50 heavy (non-hydrogen) atoms. The molecule has 0 unspecified atom stereocenters. The Morgan fingerprint density at radius 3 is 1.88 bits per heavy atom. The van der Waals surface area contributed by atoms with Crippen molar-refractivity contribution in [2.45, 2.75) is 97.2 Å². The minimum absolute atomic E-state index is 0.0514. The maximum atomic E-state index is 12.1. The second-order valence-corrected chi connectivity index (χ2v) is 13.7. The lowest BCUT2D eigenvalue weighted by atomic mass is 9.98. The summed E-state index contributed by atoms with van der Waals surface area (Å²) in [6.07, 6.45) is -1.12. The summed E-state index contributed by atoms with van der Waals surface area (Å²) in [5.74, 6) is -2.75. The number of nitrogens with zero attached hydrogens (tertiary/aromatic N) is 4. The molecule has 14 nitrogen and oxygen atoms in total. The maximum absolute atomic E-state index is 12.1. The van der Waals surface area contributed by atoms with Gasteiger partial charge in [-0.2, -0.15) is 0 Å².